The summed E-state index contributed by atoms with van der Waals surface area (Å²) in [6, 6.07) is 9.93. The summed E-state index contributed by atoms with van der Waals surface area (Å²) in [5.41, 5.74) is 0.816. The normalized spacial score (nSPS) is 23.1. The fourth-order valence-electron chi connectivity index (χ4n) is 4.79. The van der Waals surface area contributed by atoms with E-state index in [0.29, 0.717) is 18.7 Å². The minimum Gasteiger partial charge on any atom is -0.394 e. The van der Waals surface area contributed by atoms with Crippen molar-refractivity contribution in [2.24, 2.45) is 5.92 Å². The van der Waals surface area contributed by atoms with Gasteiger partial charge in [-0.25, -0.2) is 4.98 Å². The molecule has 2 bridgehead atoms. The summed E-state index contributed by atoms with van der Waals surface area (Å²) >= 11 is 0. The highest BCUT2D eigenvalue weighted by Gasteiger charge is 2.42. The zero-order chi connectivity index (χ0) is 20.1. The number of hydrogen-bond acceptors (Lipinski definition) is 5. The molecule has 0 radical (unpaired) electrons. The second-order valence-corrected chi connectivity index (χ2v) is 7.72. The maximum atomic E-state index is 13.2. The molecule has 0 saturated carbocycles. The number of amides is 1. The molecule has 3 aromatic rings. The summed E-state index contributed by atoms with van der Waals surface area (Å²) in [5.74, 6) is -0.420. The van der Waals surface area contributed by atoms with E-state index < -0.39 is 5.56 Å². The van der Waals surface area contributed by atoms with Gasteiger partial charge in [0.1, 0.15) is 11.2 Å². The van der Waals surface area contributed by atoms with Crippen LogP contribution < -0.4 is 11.1 Å². The van der Waals surface area contributed by atoms with E-state index in [2.05, 4.69) is 4.98 Å². The second kappa shape index (κ2) is 6.66. The molecule has 29 heavy (non-hydrogen) atoms. The number of carbonyl (C=O) groups excluding carboxylic acids is 1. The van der Waals surface area contributed by atoms with E-state index in [-0.39, 0.29) is 41.5 Å². The molecule has 1 N–H and O–H groups in total. The molecule has 3 atom stereocenters. The molecule has 5 rings (SSSR count). The standard InChI is InChI=1S/C21H20N4O4/c26-12-17-14-8-13(16-4-3-6-19(27)25(16)17)10-23(11-14)20(28)15-9-22-18-5-1-2-7-24(18)21(15)29/h1-7,9,13-14,17,26H,8,10-12H2/t13-,14+,17+/m1/s1. The smallest absolute Gasteiger partial charge is 0.270 e. The van der Waals surface area contributed by atoms with Crippen molar-refractivity contribution in [2.45, 2.75) is 18.4 Å². The summed E-state index contributed by atoms with van der Waals surface area (Å²) < 4.78 is 3.04. The Morgan fingerprint density at radius 2 is 2.00 bits per heavy atom. The number of pyridine rings is 2. The van der Waals surface area contributed by atoms with Crippen LogP contribution in [0.15, 0.2) is 58.4 Å². The van der Waals surface area contributed by atoms with Crippen LogP contribution in [0.25, 0.3) is 5.65 Å². The summed E-state index contributed by atoms with van der Waals surface area (Å²) in [6.45, 7) is 0.642. The van der Waals surface area contributed by atoms with Crippen molar-refractivity contribution in [3.05, 3.63) is 80.8 Å². The molecule has 2 aliphatic rings. The van der Waals surface area contributed by atoms with Crippen LogP contribution in [0.1, 0.15) is 34.4 Å². The lowest BCUT2D eigenvalue weighted by atomic mass is 9.78. The molecule has 148 valence electrons. The number of aromatic nitrogens is 3. The highest BCUT2D eigenvalue weighted by atomic mass is 16.3. The predicted molar refractivity (Wildman–Crippen MR) is 105 cm³/mol. The third kappa shape index (κ3) is 2.71. The van der Waals surface area contributed by atoms with Crippen LogP contribution in [0.4, 0.5) is 0 Å². The van der Waals surface area contributed by atoms with Gasteiger partial charge in [0, 0.05) is 49.1 Å². The van der Waals surface area contributed by atoms with Crippen molar-refractivity contribution in [1.82, 2.24) is 18.9 Å². The van der Waals surface area contributed by atoms with Crippen LogP contribution >= 0.6 is 0 Å². The number of carbonyl (C=O) groups is 1. The minimum atomic E-state index is -0.397. The Morgan fingerprint density at radius 3 is 2.83 bits per heavy atom. The molecule has 8 nitrogen and oxygen atoms in total. The Bertz CT molecular complexity index is 1230. The Morgan fingerprint density at radius 1 is 1.14 bits per heavy atom. The first-order valence-corrected chi connectivity index (χ1v) is 9.66. The van der Waals surface area contributed by atoms with Crippen LogP contribution in [0.3, 0.4) is 0 Å². The van der Waals surface area contributed by atoms with Crippen molar-refractivity contribution in [2.75, 3.05) is 19.7 Å². The summed E-state index contributed by atoms with van der Waals surface area (Å²) in [5, 5.41) is 9.95. The first-order valence-electron chi connectivity index (χ1n) is 9.66. The van der Waals surface area contributed by atoms with E-state index in [1.165, 1.54) is 16.7 Å². The topological polar surface area (TPSA) is 96.9 Å². The molecule has 0 unspecified atom stereocenters. The average molecular weight is 392 g/mol. The van der Waals surface area contributed by atoms with E-state index in [0.717, 1.165) is 12.1 Å². The van der Waals surface area contributed by atoms with Gasteiger partial charge in [-0.1, -0.05) is 12.1 Å². The van der Waals surface area contributed by atoms with Gasteiger partial charge in [-0.3, -0.25) is 18.8 Å². The maximum absolute atomic E-state index is 13.2. The lowest BCUT2D eigenvalue weighted by molar-refractivity contribution is 0.0435. The molecule has 3 aromatic heterocycles. The van der Waals surface area contributed by atoms with Crippen molar-refractivity contribution in [3.63, 3.8) is 0 Å². The monoisotopic (exact) mass is 392 g/mol. The van der Waals surface area contributed by atoms with Gasteiger partial charge in [0.05, 0.1) is 12.6 Å². The second-order valence-electron chi connectivity index (χ2n) is 7.72. The Balaban J connectivity index is 1.53. The fourth-order valence-corrected chi connectivity index (χ4v) is 4.79. The van der Waals surface area contributed by atoms with Crippen LogP contribution in [-0.4, -0.2) is 49.6 Å². The van der Waals surface area contributed by atoms with Crippen molar-refractivity contribution < 1.29 is 9.90 Å². The predicted octanol–water partition coefficient (Wildman–Crippen LogP) is 0.649. The van der Waals surface area contributed by atoms with Gasteiger partial charge >= 0.3 is 0 Å². The van der Waals surface area contributed by atoms with Gasteiger partial charge in [-0.05, 0) is 24.6 Å². The average Bonchev–Trinajstić information content (AvgIpc) is 2.74. The third-order valence-corrected chi connectivity index (χ3v) is 6.12. The lowest BCUT2D eigenvalue weighted by Crippen LogP contribution is -2.52. The number of rotatable bonds is 2. The molecule has 5 heterocycles. The van der Waals surface area contributed by atoms with Gasteiger partial charge in [0.25, 0.3) is 17.0 Å². The molecular weight excluding hydrogens is 372 g/mol. The quantitative estimate of drug-likeness (QED) is 0.691. The van der Waals surface area contributed by atoms with Gasteiger partial charge in [0.2, 0.25) is 0 Å². The van der Waals surface area contributed by atoms with Crippen molar-refractivity contribution >= 4 is 11.6 Å². The molecule has 0 spiro atoms. The number of fused-ring (bicyclic) bond motifs is 5. The molecule has 1 saturated heterocycles. The first kappa shape index (κ1) is 17.8. The van der Waals surface area contributed by atoms with Crippen LogP contribution in [0, 0.1) is 5.92 Å². The van der Waals surface area contributed by atoms with E-state index >= 15 is 0 Å². The molecule has 0 aliphatic carbocycles. The molecule has 2 aliphatic heterocycles. The van der Waals surface area contributed by atoms with Crippen molar-refractivity contribution in [3.8, 4) is 0 Å². The van der Waals surface area contributed by atoms with Crippen LogP contribution in [0.2, 0.25) is 0 Å². The molecule has 0 aromatic carbocycles. The number of likely N-dealkylation sites (tertiary alicyclic amines) is 1. The maximum Gasteiger partial charge on any atom is 0.270 e. The minimum absolute atomic E-state index is 0.00873. The van der Waals surface area contributed by atoms with Gasteiger partial charge in [-0.2, -0.15) is 0 Å². The summed E-state index contributed by atoms with van der Waals surface area (Å²) in [6.07, 6.45) is 3.73. The van der Waals surface area contributed by atoms with E-state index in [1.807, 2.05) is 6.07 Å². The Kier molecular flexibility index (Phi) is 4.09. The van der Waals surface area contributed by atoms with E-state index in [9.17, 15) is 19.5 Å². The summed E-state index contributed by atoms with van der Waals surface area (Å²) in [7, 11) is 0. The van der Waals surface area contributed by atoms with E-state index in [1.54, 1.807) is 39.9 Å². The number of nitrogens with zero attached hydrogens (tertiary/aromatic N) is 4. The zero-order valence-corrected chi connectivity index (χ0v) is 15.6. The molecule has 1 amide bonds. The highest BCUT2D eigenvalue weighted by Crippen LogP contribution is 2.41. The fraction of sp³-hybridized carbons (Fsp3) is 0.333. The number of aliphatic hydroxyl groups excluding tert-OH is 1. The van der Waals surface area contributed by atoms with Crippen LogP contribution in [0.5, 0.6) is 0 Å². The first-order chi connectivity index (χ1) is 14.1. The molecule has 1 fully saturated rings. The van der Waals surface area contributed by atoms with Gasteiger partial charge in [0.15, 0.2) is 0 Å². The van der Waals surface area contributed by atoms with Crippen LogP contribution in [-0.2, 0) is 0 Å². The summed E-state index contributed by atoms with van der Waals surface area (Å²) in [4.78, 5) is 44.3. The molecular formula is C21H20N4O4. The lowest BCUT2D eigenvalue weighted by Gasteiger charge is -2.46. The highest BCUT2D eigenvalue weighted by molar-refractivity contribution is 5.94. The van der Waals surface area contributed by atoms with Gasteiger partial charge < -0.3 is 14.6 Å². The third-order valence-electron chi connectivity index (χ3n) is 6.12. The number of piperidine rings is 1. The Labute approximate surface area is 165 Å². The van der Waals surface area contributed by atoms with E-state index in [4.69, 9.17) is 0 Å². The largest absolute Gasteiger partial charge is 0.394 e. The SMILES string of the molecule is O=C(c1cnc2ccccn2c1=O)N1C[C@H]2C[C@@H](C1)[C@H](CO)n1c2cccc1=O. The number of aliphatic hydroxyl groups is 1. The Hall–Kier alpha value is -3.26. The molecule has 8 heteroatoms. The zero-order valence-electron chi connectivity index (χ0n) is 15.6. The number of hydrogen-bond donors (Lipinski definition) is 1. The van der Waals surface area contributed by atoms with Crippen molar-refractivity contribution in [1.29, 1.82) is 0 Å². The van der Waals surface area contributed by atoms with Gasteiger partial charge in [-0.15, -0.1) is 0 Å².